The van der Waals surface area contributed by atoms with Crippen molar-refractivity contribution in [2.24, 2.45) is 11.7 Å². The zero-order chi connectivity index (χ0) is 4.99. The summed E-state index contributed by atoms with van der Waals surface area (Å²) in [5.74, 6) is 0.773. The van der Waals surface area contributed by atoms with E-state index < -0.39 is 0 Å². The van der Waals surface area contributed by atoms with Crippen LogP contribution in [0.5, 0.6) is 0 Å². The molecule has 0 aromatic heterocycles. The molecule has 1 heteroatoms. The molecular weight excluding hydrogens is 74.1 g/mol. The second-order valence-corrected chi connectivity index (χ2v) is 1.97. The van der Waals surface area contributed by atoms with Gasteiger partial charge in [-0.3, -0.25) is 0 Å². The van der Waals surface area contributed by atoms with Gasteiger partial charge in [-0.2, -0.15) is 0 Å². The van der Waals surface area contributed by atoms with Gasteiger partial charge in [-0.1, -0.05) is 13.8 Å². The first-order valence-corrected chi connectivity index (χ1v) is 2.47. The maximum absolute atomic E-state index is 5.23. The Balaban J connectivity index is -0.000000125. The van der Waals surface area contributed by atoms with E-state index in [-0.39, 0.29) is 2.85 Å². The summed E-state index contributed by atoms with van der Waals surface area (Å²) in [5, 5.41) is 0. The van der Waals surface area contributed by atoms with Gasteiger partial charge in [0.1, 0.15) is 0 Å². The molecule has 0 aliphatic carbocycles. The first-order chi connectivity index (χ1) is 2.77. The summed E-state index contributed by atoms with van der Waals surface area (Å²) in [7, 11) is 0. The molecule has 1 nitrogen and oxygen atoms in total. The Morgan fingerprint density at radius 3 is 2.17 bits per heavy atom. The van der Waals surface area contributed by atoms with E-state index in [1.54, 1.807) is 0 Å². The van der Waals surface area contributed by atoms with Crippen LogP contribution in [0.25, 0.3) is 0 Å². The summed E-state index contributed by atoms with van der Waals surface area (Å²) in [6, 6.07) is 0. The Morgan fingerprint density at radius 1 is 1.67 bits per heavy atom. The van der Waals surface area contributed by atoms with Crippen LogP contribution in [0.1, 0.15) is 23.1 Å². The third-order valence-corrected chi connectivity index (χ3v) is 0.744. The number of hydrogen-bond acceptors (Lipinski definition) is 1. The van der Waals surface area contributed by atoms with Gasteiger partial charge in [0.2, 0.25) is 0 Å². The van der Waals surface area contributed by atoms with Crippen molar-refractivity contribution in [3.8, 4) is 0 Å². The summed E-state index contributed by atoms with van der Waals surface area (Å²) in [4.78, 5) is 0. The quantitative estimate of drug-likeness (QED) is 0.547. The fourth-order valence-corrected chi connectivity index (χ4v) is 0.333. The van der Waals surface area contributed by atoms with Crippen LogP contribution in [0.3, 0.4) is 0 Å². The molecular formula is C5H17N. The van der Waals surface area contributed by atoms with Crippen molar-refractivity contribution in [1.82, 2.24) is 0 Å². The van der Waals surface area contributed by atoms with Crippen molar-refractivity contribution >= 4 is 0 Å². The van der Waals surface area contributed by atoms with Crippen LogP contribution >= 0.6 is 0 Å². The minimum Gasteiger partial charge on any atom is -0.330 e. The number of rotatable bonds is 2. The predicted molar refractivity (Wildman–Crippen MR) is 32.7 cm³/mol. The molecule has 0 aromatic carbocycles. The van der Waals surface area contributed by atoms with E-state index in [9.17, 15) is 0 Å². The molecule has 0 saturated carbocycles. The Kier molecular flexibility index (Phi) is 3.14. The van der Waals surface area contributed by atoms with Crippen molar-refractivity contribution in [3.63, 3.8) is 0 Å². The van der Waals surface area contributed by atoms with E-state index in [4.69, 9.17) is 5.73 Å². The first-order valence-electron chi connectivity index (χ1n) is 2.47. The third kappa shape index (κ3) is 3.96. The molecule has 0 atom stereocenters. The Hall–Kier alpha value is -0.0400. The van der Waals surface area contributed by atoms with Crippen molar-refractivity contribution < 1.29 is 2.85 Å². The molecule has 0 aliphatic rings. The highest BCUT2D eigenvalue weighted by molar-refractivity contribution is 4.42. The lowest BCUT2D eigenvalue weighted by Crippen LogP contribution is -2.01. The zero-order valence-corrected chi connectivity index (χ0v) is 4.57. The Morgan fingerprint density at radius 2 is 2.17 bits per heavy atom. The second kappa shape index (κ2) is 3.16. The Bertz CT molecular complexity index is 31.6. The predicted octanol–water partition coefficient (Wildman–Crippen LogP) is 1.48. The van der Waals surface area contributed by atoms with Crippen LogP contribution in [0.15, 0.2) is 0 Å². The van der Waals surface area contributed by atoms with Gasteiger partial charge in [0.25, 0.3) is 0 Å². The zero-order valence-electron chi connectivity index (χ0n) is 4.57. The minimum atomic E-state index is 0. The smallest absolute Gasteiger partial charge is 0 e. The molecule has 2 N–H and O–H groups in total. The van der Waals surface area contributed by atoms with Gasteiger partial charge in [0.15, 0.2) is 0 Å². The summed E-state index contributed by atoms with van der Waals surface area (Å²) in [6.07, 6.45) is 1.15. The van der Waals surface area contributed by atoms with Crippen LogP contribution in [-0.2, 0) is 0 Å². The van der Waals surface area contributed by atoms with Crippen LogP contribution in [0, 0.1) is 5.92 Å². The lowest BCUT2D eigenvalue weighted by Gasteiger charge is -1.96. The topological polar surface area (TPSA) is 26.0 Å². The van der Waals surface area contributed by atoms with Crippen LogP contribution in [-0.4, -0.2) is 6.54 Å². The average molecular weight is 91.2 g/mol. The van der Waals surface area contributed by atoms with Gasteiger partial charge in [0.05, 0.1) is 0 Å². The molecule has 0 fully saturated rings. The molecule has 0 rings (SSSR count). The van der Waals surface area contributed by atoms with E-state index >= 15 is 0 Å². The van der Waals surface area contributed by atoms with Crippen molar-refractivity contribution in [1.29, 1.82) is 0 Å². The third-order valence-electron chi connectivity index (χ3n) is 0.744. The van der Waals surface area contributed by atoms with Crippen molar-refractivity contribution in [2.45, 2.75) is 20.3 Å². The highest BCUT2D eigenvalue weighted by atomic mass is 14.5. The molecule has 0 saturated heterocycles. The molecule has 6 heavy (non-hydrogen) atoms. The van der Waals surface area contributed by atoms with Crippen LogP contribution in [0.2, 0.25) is 0 Å². The first kappa shape index (κ1) is 5.96. The van der Waals surface area contributed by atoms with Crippen LogP contribution < -0.4 is 5.73 Å². The lowest BCUT2D eigenvalue weighted by molar-refractivity contribution is 0.596. The summed E-state index contributed by atoms with van der Waals surface area (Å²) >= 11 is 0. The average Bonchev–Trinajstić information content (AvgIpc) is 1.35. The molecule has 0 aromatic rings. The molecule has 0 unspecified atom stereocenters. The van der Waals surface area contributed by atoms with E-state index in [0.717, 1.165) is 18.9 Å². The van der Waals surface area contributed by atoms with Crippen molar-refractivity contribution in [3.05, 3.63) is 0 Å². The molecule has 0 aliphatic heterocycles. The van der Waals surface area contributed by atoms with Gasteiger partial charge in [-0.05, 0) is 18.9 Å². The fourth-order valence-electron chi connectivity index (χ4n) is 0.333. The minimum absolute atomic E-state index is 0. The van der Waals surface area contributed by atoms with Crippen molar-refractivity contribution in [2.75, 3.05) is 6.54 Å². The molecule has 0 spiro atoms. The van der Waals surface area contributed by atoms with E-state index in [0.29, 0.717) is 0 Å². The summed E-state index contributed by atoms with van der Waals surface area (Å²) in [6.45, 7) is 5.18. The van der Waals surface area contributed by atoms with Gasteiger partial charge >= 0.3 is 0 Å². The SMILES string of the molecule is CC(C)CCN.[HH].[HH]. The maximum atomic E-state index is 5.23. The second-order valence-electron chi connectivity index (χ2n) is 1.97. The molecule has 0 amide bonds. The van der Waals surface area contributed by atoms with E-state index in [1.807, 2.05) is 0 Å². The Labute approximate surface area is 42.5 Å². The molecule has 0 radical (unpaired) electrons. The van der Waals surface area contributed by atoms with Gasteiger partial charge < -0.3 is 5.73 Å². The molecule has 0 heterocycles. The standard InChI is InChI=1S/C5H13N.2H2/c1-5(2)3-4-6;;/h5H,3-4,6H2,1-2H3;2*1H. The normalized spacial score (nSPS) is 10.0. The van der Waals surface area contributed by atoms with E-state index in [1.165, 1.54) is 0 Å². The lowest BCUT2D eigenvalue weighted by atomic mass is 10.1. The highest BCUT2D eigenvalue weighted by Gasteiger charge is 1.85. The molecule has 42 valence electrons. The van der Waals surface area contributed by atoms with Crippen LogP contribution in [0.4, 0.5) is 0 Å². The highest BCUT2D eigenvalue weighted by Crippen LogP contribution is 1.93. The van der Waals surface area contributed by atoms with Gasteiger partial charge in [-0.15, -0.1) is 0 Å². The molecule has 0 bridgehead atoms. The maximum Gasteiger partial charge on any atom is 0 e. The summed E-state index contributed by atoms with van der Waals surface area (Å²) in [5.41, 5.74) is 5.23. The largest absolute Gasteiger partial charge is 0.330 e. The summed E-state index contributed by atoms with van der Waals surface area (Å²) < 4.78 is 0. The fraction of sp³-hybridized carbons (Fsp3) is 1.00. The number of nitrogens with two attached hydrogens (primary N) is 1. The number of hydrogen-bond donors (Lipinski definition) is 1. The van der Waals surface area contributed by atoms with E-state index in [2.05, 4.69) is 13.8 Å². The monoisotopic (exact) mass is 91.1 g/mol. The van der Waals surface area contributed by atoms with Gasteiger partial charge in [0, 0.05) is 2.85 Å². The van der Waals surface area contributed by atoms with Gasteiger partial charge in [-0.25, -0.2) is 0 Å².